The first-order chi connectivity index (χ1) is 25.0. The predicted octanol–water partition coefficient (Wildman–Crippen LogP) is 3.97. The first-order valence-corrected chi connectivity index (χ1v) is 16.1. The lowest BCUT2D eigenvalue weighted by molar-refractivity contribution is -0.385. The summed E-state index contributed by atoms with van der Waals surface area (Å²) in [4.78, 5) is 83.4. The van der Waals surface area contributed by atoms with Crippen molar-refractivity contribution in [2.75, 3.05) is 24.0 Å². The molecule has 4 aromatic carbocycles. The van der Waals surface area contributed by atoms with Gasteiger partial charge in [-0.3, -0.25) is 39.4 Å². The van der Waals surface area contributed by atoms with Crippen molar-refractivity contribution in [2.45, 2.75) is 24.2 Å². The van der Waals surface area contributed by atoms with Crippen LogP contribution in [0.5, 0.6) is 11.5 Å². The number of ether oxygens (including phenoxy) is 2. The van der Waals surface area contributed by atoms with Crippen LogP contribution in [0.2, 0.25) is 0 Å². The molecule has 4 heterocycles. The maximum atomic E-state index is 14.7. The number of hydrogen-bond donors (Lipinski definition) is 0. The first kappa shape index (κ1) is 32.7. The molecule has 16 heteroatoms. The highest BCUT2D eigenvalue weighted by atomic mass is 16.6. The number of imide groups is 2. The van der Waals surface area contributed by atoms with Gasteiger partial charge in [0.05, 0.1) is 59.4 Å². The summed E-state index contributed by atoms with van der Waals surface area (Å²) < 4.78 is 10.7. The summed E-state index contributed by atoms with van der Waals surface area (Å²) in [6.07, 6.45) is 0. The number of hydrogen-bond acceptors (Lipinski definition) is 12. The van der Waals surface area contributed by atoms with Gasteiger partial charge in [-0.2, -0.15) is 0 Å². The number of nitrogens with zero attached hydrogens (tertiary/aromatic N) is 6. The van der Waals surface area contributed by atoms with Crippen LogP contribution in [0.4, 0.5) is 22.7 Å². The van der Waals surface area contributed by atoms with Crippen LogP contribution < -0.4 is 19.3 Å². The Morgan fingerprint density at radius 3 is 1.27 bits per heavy atom. The molecule has 0 N–H and O–H groups in total. The number of nitro benzene ring substituents is 2. The number of nitro groups is 2. The lowest BCUT2D eigenvalue weighted by atomic mass is 9.84. The summed E-state index contributed by atoms with van der Waals surface area (Å²) in [6, 6.07) is 19.0. The Labute approximate surface area is 294 Å². The standard InChI is InChI=1S/C36H28N6O10/c1-51-25-13-5-9-21(17-25)37-33(43)27-29(19-7-3-11-23(15-19)41(47)48)40-32-28(34(44)38(36(32)46)22-10-6-14-26(18-22)52-2)30(39(40)31(27)35(37)45)20-8-4-12-24(16-20)42(49)50/h3-18,27-32H,1-2H3. The van der Waals surface area contributed by atoms with Gasteiger partial charge >= 0.3 is 0 Å². The second-order valence-electron chi connectivity index (χ2n) is 12.7. The largest absolute Gasteiger partial charge is 0.497 e. The number of fused-ring (bicyclic) bond motifs is 5. The van der Waals surface area contributed by atoms with E-state index in [9.17, 15) is 39.4 Å². The molecule has 4 amide bonds. The lowest BCUT2D eigenvalue weighted by Gasteiger charge is -2.35. The van der Waals surface area contributed by atoms with Crippen molar-refractivity contribution in [3.8, 4) is 11.5 Å². The van der Waals surface area contributed by atoms with E-state index in [1.165, 1.54) is 72.8 Å². The van der Waals surface area contributed by atoms with Crippen LogP contribution >= 0.6 is 0 Å². The highest BCUT2D eigenvalue weighted by Crippen LogP contribution is 2.60. The molecule has 4 aliphatic heterocycles. The average Bonchev–Trinajstić information content (AvgIpc) is 3.82. The molecule has 6 unspecified atom stereocenters. The lowest BCUT2D eigenvalue weighted by Crippen LogP contribution is -2.50. The van der Waals surface area contributed by atoms with Crippen molar-refractivity contribution in [3.63, 3.8) is 0 Å². The number of amides is 4. The number of carbonyl (C=O) groups excluding carboxylic acids is 4. The second kappa shape index (κ2) is 12.1. The number of benzene rings is 4. The van der Waals surface area contributed by atoms with Crippen molar-refractivity contribution < 1.29 is 38.5 Å². The van der Waals surface area contributed by atoms with Crippen molar-refractivity contribution >= 4 is 46.4 Å². The normalized spacial score (nSPS) is 25.3. The molecule has 16 nitrogen and oxygen atoms in total. The van der Waals surface area contributed by atoms with Gasteiger partial charge in [-0.15, -0.1) is 0 Å². The van der Waals surface area contributed by atoms with Crippen LogP contribution in [-0.4, -0.2) is 69.8 Å². The summed E-state index contributed by atoms with van der Waals surface area (Å²) in [6.45, 7) is 0. The molecule has 0 aromatic heterocycles. The van der Waals surface area contributed by atoms with Gasteiger partial charge in [-0.25, -0.2) is 19.8 Å². The van der Waals surface area contributed by atoms with Crippen molar-refractivity contribution in [1.29, 1.82) is 0 Å². The fraction of sp³-hybridized carbons (Fsp3) is 0.222. The topological polar surface area (TPSA) is 186 Å². The highest BCUT2D eigenvalue weighted by molar-refractivity contribution is 6.26. The predicted molar refractivity (Wildman–Crippen MR) is 181 cm³/mol. The van der Waals surface area contributed by atoms with Crippen LogP contribution in [0, 0.1) is 32.1 Å². The molecule has 0 radical (unpaired) electrons. The molecule has 6 atom stereocenters. The Hall–Kier alpha value is -6.52. The molecule has 0 spiro atoms. The van der Waals surface area contributed by atoms with Gasteiger partial charge in [0.15, 0.2) is 0 Å². The molecule has 4 saturated heterocycles. The number of anilines is 2. The minimum atomic E-state index is -1.30. The molecule has 8 rings (SSSR count). The average molecular weight is 705 g/mol. The maximum Gasteiger partial charge on any atom is 0.269 e. The van der Waals surface area contributed by atoms with Gasteiger partial charge in [0.1, 0.15) is 23.6 Å². The van der Waals surface area contributed by atoms with E-state index >= 15 is 0 Å². The number of carbonyl (C=O) groups is 4. The van der Waals surface area contributed by atoms with E-state index in [0.29, 0.717) is 11.5 Å². The third-order valence-corrected chi connectivity index (χ3v) is 10.2. The molecule has 4 fully saturated rings. The zero-order valence-electron chi connectivity index (χ0n) is 27.5. The fourth-order valence-electron chi connectivity index (χ4n) is 8.15. The van der Waals surface area contributed by atoms with Gasteiger partial charge in [-0.05, 0) is 35.4 Å². The summed E-state index contributed by atoms with van der Waals surface area (Å²) in [7, 11) is 2.88. The molecular formula is C36H28N6O10. The number of hydrazine groups is 1. The third-order valence-electron chi connectivity index (χ3n) is 10.2. The van der Waals surface area contributed by atoms with Crippen LogP contribution in [0.25, 0.3) is 0 Å². The van der Waals surface area contributed by atoms with E-state index in [0.717, 1.165) is 9.80 Å². The number of methoxy groups -OCH3 is 2. The molecule has 4 aliphatic rings. The van der Waals surface area contributed by atoms with Crippen LogP contribution in [0.3, 0.4) is 0 Å². The minimum absolute atomic E-state index is 0.218. The number of non-ortho nitro benzene ring substituents is 2. The summed E-state index contributed by atoms with van der Waals surface area (Å²) >= 11 is 0. The third kappa shape index (κ3) is 4.68. The Bertz CT molecular complexity index is 2070. The van der Waals surface area contributed by atoms with Crippen molar-refractivity contribution in [3.05, 3.63) is 128 Å². The van der Waals surface area contributed by atoms with Crippen LogP contribution in [0.1, 0.15) is 23.2 Å². The van der Waals surface area contributed by atoms with Crippen molar-refractivity contribution in [2.24, 2.45) is 11.8 Å². The molecule has 262 valence electrons. The Balaban J connectivity index is 1.35. The summed E-state index contributed by atoms with van der Waals surface area (Å²) in [5, 5.41) is 27.0. The van der Waals surface area contributed by atoms with E-state index in [2.05, 4.69) is 0 Å². The Morgan fingerprint density at radius 1 is 0.519 bits per heavy atom. The molecule has 52 heavy (non-hydrogen) atoms. The molecular weight excluding hydrogens is 676 g/mol. The molecule has 4 aromatic rings. The zero-order valence-corrected chi connectivity index (χ0v) is 27.5. The van der Waals surface area contributed by atoms with E-state index in [-0.39, 0.29) is 33.9 Å². The monoisotopic (exact) mass is 704 g/mol. The van der Waals surface area contributed by atoms with E-state index < -0.39 is 69.5 Å². The van der Waals surface area contributed by atoms with E-state index in [4.69, 9.17) is 9.47 Å². The Morgan fingerprint density at radius 2 is 0.904 bits per heavy atom. The van der Waals surface area contributed by atoms with Crippen LogP contribution in [0.15, 0.2) is 97.1 Å². The first-order valence-electron chi connectivity index (χ1n) is 16.1. The quantitative estimate of drug-likeness (QED) is 0.146. The van der Waals surface area contributed by atoms with Crippen molar-refractivity contribution in [1.82, 2.24) is 10.0 Å². The van der Waals surface area contributed by atoms with E-state index in [1.807, 2.05) is 0 Å². The second-order valence-corrected chi connectivity index (χ2v) is 12.7. The van der Waals surface area contributed by atoms with Gasteiger partial charge in [-0.1, -0.05) is 36.4 Å². The van der Waals surface area contributed by atoms with Gasteiger partial charge in [0.25, 0.3) is 23.2 Å². The molecule has 0 aliphatic carbocycles. The van der Waals surface area contributed by atoms with Gasteiger partial charge in [0, 0.05) is 36.4 Å². The summed E-state index contributed by atoms with van der Waals surface area (Å²) in [5.74, 6) is -4.26. The fourth-order valence-corrected chi connectivity index (χ4v) is 8.15. The van der Waals surface area contributed by atoms with Gasteiger partial charge in [0.2, 0.25) is 11.8 Å². The minimum Gasteiger partial charge on any atom is -0.497 e. The molecule has 0 saturated carbocycles. The zero-order chi connectivity index (χ0) is 36.6. The summed E-state index contributed by atoms with van der Waals surface area (Å²) in [5.41, 5.74) is 0.391. The number of rotatable bonds is 8. The van der Waals surface area contributed by atoms with Gasteiger partial charge < -0.3 is 9.47 Å². The molecule has 0 bridgehead atoms. The highest BCUT2D eigenvalue weighted by Gasteiger charge is 2.73. The van der Waals surface area contributed by atoms with E-state index in [1.54, 1.807) is 48.5 Å². The SMILES string of the molecule is COc1cccc(N2C(=O)C3C(C2=O)N2C(c4cccc([N+](=O)[O-])c4)C4C(=O)N(c5cccc(OC)c5)C(=O)C4N2C3c2cccc([N+](=O)[O-])c2)c1. The maximum absolute atomic E-state index is 14.7. The Kier molecular flexibility index (Phi) is 7.58. The smallest absolute Gasteiger partial charge is 0.269 e. The van der Waals surface area contributed by atoms with Crippen LogP contribution in [-0.2, 0) is 19.2 Å².